The molecule has 1 unspecified atom stereocenters. The summed E-state index contributed by atoms with van der Waals surface area (Å²) in [5.41, 5.74) is 1.46. The average Bonchev–Trinajstić information content (AvgIpc) is 2.93. The fraction of sp³-hybridized carbons (Fsp3) is 0.278. The van der Waals surface area contributed by atoms with Gasteiger partial charge in [0.1, 0.15) is 5.69 Å². The molecule has 1 fully saturated rings. The van der Waals surface area contributed by atoms with Gasteiger partial charge in [0.2, 0.25) is 5.91 Å². The van der Waals surface area contributed by atoms with Crippen LogP contribution in [-0.2, 0) is 11.2 Å². The number of rotatable bonds is 5. The summed E-state index contributed by atoms with van der Waals surface area (Å²) >= 11 is 5.97. The topological polar surface area (TPSA) is 62.3 Å². The Hall–Kier alpha value is -2.40. The van der Waals surface area contributed by atoms with Gasteiger partial charge in [0.25, 0.3) is 5.91 Å². The summed E-state index contributed by atoms with van der Waals surface area (Å²) in [6.45, 7) is 1.15. The number of nitrogens with zero attached hydrogens (tertiary/aromatic N) is 2. The SMILES string of the molecule is O=C(NC1CC(=O)N(CCc2cccc(Cl)c2)C1)c1ccccn1. The Balaban J connectivity index is 1.53. The smallest absolute Gasteiger partial charge is 0.270 e. The lowest BCUT2D eigenvalue weighted by atomic mass is 10.1. The van der Waals surface area contributed by atoms with Crippen LogP contribution in [0.5, 0.6) is 0 Å². The Kier molecular flexibility index (Phi) is 5.11. The molecule has 1 aromatic heterocycles. The van der Waals surface area contributed by atoms with Crippen LogP contribution in [0.1, 0.15) is 22.5 Å². The minimum Gasteiger partial charge on any atom is -0.346 e. The highest BCUT2D eigenvalue weighted by Crippen LogP contribution is 2.15. The van der Waals surface area contributed by atoms with E-state index in [4.69, 9.17) is 11.6 Å². The molecule has 5 nitrogen and oxygen atoms in total. The second-order valence-electron chi connectivity index (χ2n) is 5.81. The molecule has 0 spiro atoms. The number of hydrogen-bond acceptors (Lipinski definition) is 3. The first-order valence-corrected chi connectivity index (χ1v) is 8.24. The summed E-state index contributed by atoms with van der Waals surface area (Å²) in [5, 5.41) is 3.57. The molecule has 0 bridgehead atoms. The third-order valence-electron chi connectivity index (χ3n) is 4.01. The van der Waals surface area contributed by atoms with Gasteiger partial charge in [0, 0.05) is 30.7 Å². The predicted molar refractivity (Wildman–Crippen MR) is 91.8 cm³/mol. The first kappa shape index (κ1) is 16.5. The van der Waals surface area contributed by atoms with Crippen molar-refractivity contribution in [2.24, 2.45) is 0 Å². The quantitative estimate of drug-likeness (QED) is 0.906. The van der Waals surface area contributed by atoms with E-state index < -0.39 is 0 Å². The standard InChI is InChI=1S/C18H18ClN3O2/c19-14-5-3-4-13(10-14)7-9-22-12-15(11-17(22)23)21-18(24)16-6-1-2-8-20-16/h1-6,8,10,15H,7,9,11-12H2,(H,21,24). The van der Waals surface area contributed by atoms with Gasteiger partial charge in [0.05, 0.1) is 6.04 Å². The minimum absolute atomic E-state index is 0.0587. The van der Waals surface area contributed by atoms with Crippen molar-refractivity contribution >= 4 is 23.4 Å². The Labute approximate surface area is 145 Å². The maximum Gasteiger partial charge on any atom is 0.270 e. The lowest BCUT2D eigenvalue weighted by molar-refractivity contribution is -0.127. The number of aromatic nitrogens is 1. The zero-order valence-corrected chi connectivity index (χ0v) is 13.9. The third kappa shape index (κ3) is 4.11. The number of pyridine rings is 1. The van der Waals surface area contributed by atoms with E-state index >= 15 is 0 Å². The number of likely N-dealkylation sites (tertiary alicyclic amines) is 1. The van der Waals surface area contributed by atoms with Crippen LogP contribution in [0, 0.1) is 0 Å². The van der Waals surface area contributed by atoms with Crippen LogP contribution in [0.2, 0.25) is 5.02 Å². The van der Waals surface area contributed by atoms with E-state index in [9.17, 15) is 9.59 Å². The van der Waals surface area contributed by atoms with Crippen LogP contribution >= 0.6 is 11.6 Å². The zero-order chi connectivity index (χ0) is 16.9. The summed E-state index contributed by atoms with van der Waals surface area (Å²) in [6, 6.07) is 12.6. The van der Waals surface area contributed by atoms with E-state index in [0.29, 0.717) is 30.2 Å². The number of carbonyl (C=O) groups is 2. The second kappa shape index (κ2) is 7.45. The monoisotopic (exact) mass is 343 g/mol. The van der Waals surface area contributed by atoms with Gasteiger partial charge in [-0.05, 0) is 36.2 Å². The zero-order valence-electron chi connectivity index (χ0n) is 13.1. The molecular weight excluding hydrogens is 326 g/mol. The van der Waals surface area contributed by atoms with Gasteiger partial charge >= 0.3 is 0 Å². The van der Waals surface area contributed by atoms with E-state index in [1.54, 1.807) is 29.3 Å². The molecule has 1 aromatic carbocycles. The van der Waals surface area contributed by atoms with E-state index in [0.717, 1.165) is 12.0 Å². The number of amides is 2. The van der Waals surface area contributed by atoms with Crippen LogP contribution in [-0.4, -0.2) is 40.8 Å². The molecule has 2 amide bonds. The highest BCUT2D eigenvalue weighted by Gasteiger charge is 2.30. The van der Waals surface area contributed by atoms with Crippen LogP contribution in [0.4, 0.5) is 0 Å². The molecule has 24 heavy (non-hydrogen) atoms. The van der Waals surface area contributed by atoms with Crippen LogP contribution in [0.3, 0.4) is 0 Å². The van der Waals surface area contributed by atoms with Crippen LogP contribution < -0.4 is 5.32 Å². The van der Waals surface area contributed by atoms with Gasteiger partial charge < -0.3 is 10.2 Å². The highest BCUT2D eigenvalue weighted by molar-refractivity contribution is 6.30. The summed E-state index contributed by atoms with van der Waals surface area (Å²) in [6.07, 6.45) is 2.65. The van der Waals surface area contributed by atoms with E-state index in [-0.39, 0.29) is 17.9 Å². The van der Waals surface area contributed by atoms with E-state index in [1.807, 2.05) is 24.3 Å². The molecular formula is C18H18ClN3O2. The first-order valence-electron chi connectivity index (χ1n) is 7.86. The third-order valence-corrected chi connectivity index (χ3v) is 4.24. The molecule has 0 radical (unpaired) electrons. The lowest BCUT2D eigenvalue weighted by Crippen LogP contribution is -2.37. The van der Waals surface area contributed by atoms with Gasteiger partial charge in [-0.3, -0.25) is 14.6 Å². The maximum absolute atomic E-state index is 12.1. The summed E-state index contributed by atoms with van der Waals surface area (Å²) in [5.74, 6) is -0.187. The fourth-order valence-electron chi connectivity index (χ4n) is 2.80. The number of halogens is 1. The molecule has 1 aliphatic rings. The summed E-state index contributed by atoms with van der Waals surface area (Å²) in [4.78, 5) is 30.0. The van der Waals surface area contributed by atoms with Gasteiger partial charge in [-0.25, -0.2) is 0 Å². The van der Waals surface area contributed by atoms with Crippen molar-refractivity contribution in [3.05, 3.63) is 64.9 Å². The van der Waals surface area contributed by atoms with E-state index in [2.05, 4.69) is 10.3 Å². The summed E-state index contributed by atoms with van der Waals surface area (Å²) < 4.78 is 0. The van der Waals surface area contributed by atoms with Crippen LogP contribution in [0.15, 0.2) is 48.7 Å². The lowest BCUT2D eigenvalue weighted by Gasteiger charge is -2.17. The van der Waals surface area contributed by atoms with Crippen molar-refractivity contribution in [3.63, 3.8) is 0 Å². The highest BCUT2D eigenvalue weighted by atomic mass is 35.5. The Morgan fingerprint density at radius 2 is 2.17 bits per heavy atom. The molecule has 3 rings (SSSR count). The molecule has 0 aliphatic carbocycles. The summed E-state index contributed by atoms with van der Waals surface area (Å²) in [7, 11) is 0. The Morgan fingerprint density at radius 3 is 2.92 bits per heavy atom. The van der Waals surface area contributed by atoms with Crippen molar-refractivity contribution in [1.82, 2.24) is 15.2 Å². The Bertz CT molecular complexity index is 736. The number of carbonyl (C=O) groups excluding carboxylic acids is 2. The second-order valence-corrected chi connectivity index (χ2v) is 6.25. The molecule has 2 aromatic rings. The molecule has 6 heteroatoms. The van der Waals surface area contributed by atoms with Crippen molar-refractivity contribution in [1.29, 1.82) is 0 Å². The predicted octanol–water partition coefficient (Wildman–Crippen LogP) is 2.31. The van der Waals surface area contributed by atoms with Gasteiger partial charge in [-0.15, -0.1) is 0 Å². The van der Waals surface area contributed by atoms with Gasteiger partial charge in [0.15, 0.2) is 0 Å². The van der Waals surface area contributed by atoms with Crippen molar-refractivity contribution in [2.75, 3.05) is 13.1 Å². The molecule has 1 atom stereocenters. The van der Waals surface area contributed by atoms with Gasteiger partial charge in [-0.2, -0.15) is 0 Å². The number of hydrogen-bond donors (Lipinski definition) is 1. The molecule has 2 heterocycles. The molecule has 0 saturated carbocycles. The van der Waals surface area contributed by atoms with Crippen molar-refractivity contribution in [3.8, 4) is 0 Å². The molecule has 1 saturated heterocycles. The normalized spacial score (nSPS) is 17.1. The number of benzene rings is 1. The average molecular weight is 344 g/mol. The largest absolute Gasteiger partial charge is 0.346 e. The maximum atomic E-state index is 12.1. The van der Waals surface area contributed by atoms with Crippen molar-refractivity contribution < 1.29 is 9.59 Å². The minimum atomic E-state index is -0.245. The van der Waals surface area contributed by atoms with E-state index in [1.165, 1.54) is 0 Å². The molecule has 1 aliphatic heterocycles. The molecule has 1 N–H and O–H groups in total. The van der Waals surface area contributed by atoms with Gasteiger partial charge in [-0.1, -0.05) is 29.8 Å². The van der Waals surface area contributed by atoms with Crippen LogP contribution in [0.25, 0.3) is 0 Å². The van der Waals surface area contributed by atoms with Crippen molar-refractivity contribution in [2.45, 2.75) is 18.9 Å². The Morgan fingerprint density at radius 1 is 1.29 bits per heavy atom. The fourth-order valence-corrected chi connectivity index (χ4v) is 3.01. The molecule has 124 valence electrons. The number of nitrogens with one attached hydrogen (secondary N) is 1. The first-order chi connectivity index (χ1) is 11.6.